The highest BCUT2D eigenvalue weighted by Gasteiger charge is 2.16. The van der Waals surface area contributed by atoms with Gasteiger partial charge in [0.1, 0.15) is 0 Å². The Morgan fingerprint density at radius 3 is 2.86 bits per heavy atom. The zero-order valence-electron chi connectivity index (χ0n) is 9.00. The molecule has 0 aromatic heterocycles. The van der Waals surface area contributed by atoms with E-state index in [1.165, 1.54) is 43.4 Å². The van der Waals surface area contributed by atoms with Crippen molar-refractivity contribution in [3.05, 3.63) is 35.4 Å². The van der Waals surface area contributed by atoms with Crippen LogP contribution in [-0.2, 0) is 6.42 Å². The molecule has 1 fully saturated rings. The smallest absolute Gasteiger partial charge is 0.0900 e. The Morgan fingerprint density at radius 2 is 2.14 bits per heavy atom. The third kappa shape index (κ3) is 2.36. The van der Waals surface area contributed by atoms with Crippen LogP contribution in [0.5, 0.6) is 0 Å². The van der Waals surface area contributed by atoms with Gasteiger partial charge in [-0.15, -0.1) is 0 Å². The largest absolute Gasteiger partial charge is 0.344 e. The van der Waals surface area contributed by atoms with Crippen LogP contribution in [0.4, 0.5) is 0 Å². The number of benzene rings is 1. The molecule has 0 bridgehead atoms. The molecule has 0 amide bonds. The molecule has 1 heteroatoms. The number of nitrogens with two attached hydrogens (primary N) is 1. The number of piperidine rings is 1. The Bertz CT molecular complexity index is 287. The first-order chi connectivity index (χ1) is 6.86. The van der Waals surface area contributed by atoms with Crippen LogP contribution in [-0.4, -0.2) is 12.6 Å². The predicted molar refractivity (Wildman–Crippen MR) is 59.3 cm³/mol. The molecule has 0 spiro atoms. The van der Waals surface area contributed by atoms with Crippen LogP contribution in [0.15, 0.2) is 24.3 Å². The lowest BCUT2D eigenvalue weighted by atomic mass is 9.95. The van der Waals surface area contributed by atoms with Gasteiger partial charge in [0, 0.05) is 6.42 Å². The average molecular weight is 190 g/mol. The quantitative estimate of drug-likeness (QED) is 0.730. The second kappa shape index (κ2) is 4.61. The van der Waals surface area contributed by atoms with E-state index in [1.807, 2.05) is 0 Å². The van der Waals surface area contributed by atoms with Crippen LogP contribution >= 0.6 is 0 Å². The van der Waals surface area contributed by atoms with E-state index in [1.54, 1.807) is 0 Å². The molecule has 76 valence electrons. The Labute approximate surface area is 86.5 Å². The van der Waals surface area contributed by atoms with Crippen LogP contribution in [0.1, 0.15) is 30.4 Å². The topological polar surface area (TPSA) is 16.6 Å². The zero-order chi connectivity index (χ0) is 9.80. The maximum Gasteiger partial charge on any atom is 0.0900 e. The maximum absolute atomic E-state index is 2.52. The summed E-state index contributed by atoms with van der Waals surface area (Å²) in [5.74, 6) is 0. The van der Waals surface area contributed by atoms with Crippen LogP contribution in [0, 0.1) is 6.92 Å². The SMILES string of the molecule is Cc1ccccc1C[C@H]1CCCC[NH2+]1. The first-order valence-electron chi connectivity index (χ1n) is 5.74. The van der Waals surface area contributed by atoms with Gasteiger partial charge in [-0.3, -0.25) is 0 Å². The summed E-state index contributed by atoms with van der Waals surface area (Å²) < 4.78 is 0. The van der Waals surface area contributed by atoms with Gasteiger partial charge in [-0.25, -0.2) is 0 Å². The van der Waals surface area contributed by atoms with Gasteiger partial charge in [-0.1, -0.05) is 24.3 Å². The fourth-order valence-electron chi connectivity index (χ4n) is 2.33. The van der Waals surface area contributed by atoms with Crippen molar-refractivity contribution in [2.24, 2.45) is 0 Å². The molecular formula is C13H20N+. The number of rotatable bonds is 2. The summed E-state index contributed by atoms with van der Waals surface area (Å²) in [7, 11) is 0. The molecule has 14 heavy (non-hydrogen) atoms. The fraction of sp³-hybridized carbons (Fsp3) is 0.538. The lowest BCUT2D eigenvalue weighted by Crippen LogP contribution is -2.91. The number of aryl methyl sites for hydroxylation is 1. The van der Waals surface area contributed by atoms with Crippen molar-refractivity contribution < 1.29 is 5.32 Å². The predicted octanol–water partition coefficient (Wildman–Crippen LogP) is 1.65. The molecule has 1 atom stereocenters. The van der Waals surface area contributed by atoms with E-state index in [-0.39, 0.29) is 0 Å². The summed E-state index contributed by atoms with van der Waals surface area (Å²) in [6.45, 7) is 3.55. The van der Waals surface area contributed by atoms with E-state index in [9.17, 15) is 0 Å². The van der Waals surface area contributed by atoms with Crippen LogP contribution in [0.2, 0.25) is 0 Å². The van der Waals surface area contributed by atoms with Gasteiger partial charge in [0.05, 0.1) is 12.6 Å². The Hall–Kier alpha value is -0.820. The first-order valence-corrected chi connectivity index (χ1v) is 5.74. The normalized spacial score (nSPS) is 22.2. The highest BCUT2D eigenvalue weighted by Crippen LogP contribution is 2.12. The molecule has 1 heterocycles. The number of hydrogen-bond acceptors (Lipinski definition) is 0. The second-order valence-corrected chi connectivity index (χ2v) is 4.41. The summed E-state index contributed by atoms with van der Waals surface area (Å²) >= 11 is 0. The lowest BCUT2D eigenvalue weighted by molar-refractivity contribution is -0.697. The molecule has 1 nitrogen and oxygen atoms in total. The highest BCUT2D eigenvalue weighted by molar-refractivity contribution is 5.26. The minimum Gasteiger partial charge on any atom is -0.344 e. The second-order valence-electron chi connectivity index (χ2n) is 4.41. The van der Waals surface area contributed by atoms with Crippen molar-refractivity contribution >= 4 is 0 Å². The van der Waals surface area contributed by atoms with Crippen LogP contribution in [0.25, 0.3) is 0 Å². The monoisotopic (exact) mass is 190 g/mol. The van der Waals surface area contributed by atoms with Gasteiger partial charge in [0.25, 0.3) is 0 Å². The van der Waals surface area contributed by atoms with Gasteiger partial charge in [-0.2, -0.15) is 0 Å². The Kier molecular flexibility index (Phi) is 3.20. The van der Waals surface area contributed by atoms with E-state index in [2.05, 4.69) is 36.5 Å². The maximum atomic E-state index is 2.52. The minimum atomic E-state index is 0.838. The molecule has 0 radical (unpaired) electrons. The molecule has 1 aromatic carbocycles. The summed E-state index contributed by atoms with van der Waals surface area (Å²) in [6.07, 6.45) is 5.48. The molecule has 1 saturated heterocycles. The fourth-order valence-corrected chi connectivity index (χ4v) is 2.33. The number of quaternary nitrogens is 1. The summed E-state index contributed by atoms with van der Waals surface area (Å²) in [5, 5.41) is 2.52. The molecule has 0 saturated carbocycles. The van der Waals surface area contributed by atoms with Gasteiger partial charge in [0.2, 0.25) is 0 Å². The molecule has 2 N–H and O–H groups in total. The van der Waals surface area contributed by atoms with Crippen molar-refractivity contribution in [1.29, 1.82) is 0 Å². The van der Waals surface area contributed by atoms with E-state index in [0.717, 1.165) is 6.04 Å². The van der Waals surface area contributed by atoms with Crippen molar-refractivity contribution in [1.82, 2.24) is 0 Å². The zero-order valence-corrected chi connectivity index (χ0v) is 9.00. The Morgan fingerprint density at radius 1 is 1.29 bits per heavy atom. The van der Waals surface area contributed by atoms with Crippen molar-refractivity contribution in [3.63, 3.8) is 0 Å². The molecule has 1 aliphatic rings. The molecule has 2 rings (SSSR count). The van der Waals surface area contributed by atoms with Gasteiger partial charge in [0.15, 0.2) is 0 Å². The summed E-state index contributed by atoms with van der Waals surface area (Å²) in [6, 6.07) is 9.62. The van der Waals surface area contributed by atoms with E-state index in [0.29, 0.717) is 0 Å². The minimum absolute atomic E-state index is 0.838. The molecule has 0 unspecified atom stereocenters. The van der Waals surface area contributed by atoms with Gasteiger partial charge >= 0.3 is 0 Å². The van der Waals surface area contributed by atoms with Crippen LogP contribution in [0.3, 0.4) is 0 Å². The number of hydrogen-bond donors (Lipinski definition) is 1. The average Bonchev–Trinajstić information content (AvgIpc) is 2.23. The van der Waals surface area contributed by atoms with Gasteiger partial charge < -0.3 is 5.32 Å². The van der Waals surface area contributed by atoms with E-state index >= 15 is 0 Å². The van der Waals surface area contributed by atoms with Gasteiger partial charge in [-0.05, 0) is 37.3 Å². The van der Waals surface area contributed by atoms with Crippen molar-refractivity contribution in [2.75, 3.05) is 6.54 Å². The first kappa shape index (κ1) is 9.72. The van der Waals surface area contributed by atoms with Crippen molar-refractivity contribution in [2.45, 2.75) is 38.6 Å². The van der Waals surface area contributed by atoms with E-state index < -0.39 is 0 Å². The molecule has 1 aromatic rings. The lowest BCUT2D eigenvalue weighted by Gasteiger charge is -2.20. The molecule has 0 aliphatic carbocycles. The third-order valence-electron chi connectivity index (χ3n) is 3.27. The highest BCUT2D eigenvalue weighted by atomic mass is 14.9. The van der Waals surface area contributed by atoms with Crippen molar-refractivity contribution in [3.8, 4) is 0 Å². The standard InChI is InChI=1S/C13H19N/c1-11-6-2-3-7-12(11)10-13-8-4-5-9-14-13/h2-3,6-7,13-14H,4-5,8-10H2,1H3/p+1/t13-/m1/s1. The summed E-state index contributed by atoms with van der Waals surface area (Å²) in [5.41, 5.74) is 2.99. The molecular weight excluding hydrogens is 170 g/mol. The Balaban J connectivity index is 1.99. The summed E-state index contributed by atoms with van der Waals surface area (Å²) in [4.78, 5) is 0. The van der Waals surface area contributed by atoms with E-state index in [4.69, 9.17) is 0 Å². The van der Waals surface area contributed by atoms with Crippen LogP contribution < -0.4 is 5.32 Å². The molecule has 1 aliphatic heterocycles. The third-order valence-corrected chi connectivity index (χ3v) is 3.27.